The highest BCUT2D eigenvalue weighted by Crippen LogP contribution is 2.35. The summed E-state index contributed by atoms with van der Waals surface area (Å²) in [6.07, 6.45) is -3.39. The van der Waals surface area contributed by atoms with Crippen molar-refractivity contribution >= 4 is 11.6 Å². The van der Waals surface area contributed by atoms with Crippen LogP contribution in [-0.4, -0.2) is 38.5 Å². The summed E-state index contributed by atoms with van der Waals surface area (Å²) in [4.78, 5) is 18.9. The van der Waals surface area contributed by atoms with Crippen molar-refractivity contribution in [2.75, 3.05) is 13.1 Å². The second kappa shape index (κ2) is 7.86. The molecule has 1 aromatic carbocycles. The summed E-state index contributed by atoms with van der Waals surface area (Å²) in [5, 5.41) is 4.16. The summed E-state index contributed by atoms with van der Waals surface area (Å²) in [6.45, 7) is 6.30. The molecule has 1 atom stereocenters. The predicted octanol–water partition coefficient (Wildman–Crippen LogP) is 5.20. The minimum Gasteiger partial charge on any atom is -0.338 e. The molecular formula is C23H24F4N4O. The summed E-state index contributed by atoms with van der Waals surface area (Å²) < 4.78 is 55.9. The smallest absolute Gasteiger partial charge is 0.338 e. The molecule has 1 amide bonds. The van der Waals surface area contributed by atoms with Gasteiger partial charge in [-0.05, 0) is 37.1 Å². The van der Waals surface area contributed by atoms with E-state index in [4.69, 9.17) is 0 Å². The van der Waals surface area contributed by atoms with E-state index in [0.717, 1.165) is 16.6 Å². The van der Waals surface area contributed by atoms with Crippen LogP contribution < -0.4 is 0 Å². The summed E-state index contributed by atoms with van der Waals surface area (Å²) in [6, 6.07) is 8.02. The summed E-state index contributed by atoms with van der Waals surface area (Å²) in [7, 11) is 0. The molecule has 32 heavy (non-hydrogen) atoms. The van der Waals surface area contributed by atoms with Gasteiger partial charge in [-0.1, -0.05) is 26.8 Å². The molecule has 4 rings (SSSR count). The van der Waals surface area contributed by atoms with Gasteiger partial charge >= 0.3 is 6.18 Å². The fourth-order valence-electron chi connectivity index (χ4n) is 3.98. The van der Waals surface area contributed by atoms with E-state index in [1.54, 1.807) is 11.0 Å². The molecule has 9 heteroatoms. The van der Waals surface area contributed by atoms with Crippen LogP contribution in [0.25, 0.3) is 5.65 Å². The summed E-state index contributed by atoms with van der Waals surface area (Å²) >= 11 is 0. The molecule has 0 spiro atoms. The number of piperidine rings is 1. The van der Waals surface area contributed by atoms with Crippen LogP contribution in [0.15, 0.2) is 36.4 Å². The number of hydrogen-bond donors (Lipinski definition) is 0. The summed E-state index contributed by atoms with van der Waals surface area (Å²) in [5.74, 6) is -1.22. The van der Waals surface area contributed by atoms with E-state index in [0.29, 0.717) is 25.1 Å². The van der Waals surface area contributed by atoms with Gasteiger partial charge in [-0.3, -0.25) is 4.79 Å². The van der Waals surface area contributed by atoms with Gasteiger partial charge in [0.15, 0.2) is 5.65 Å². The van der Waals surface area contributed by atoms with Gasteiger partial charge in [0.05, 0.1) is 5.69 Å². The number of nitrogens with zero attached hydrogens (tertiary/aromatic N) is 4. The maximum absolute atomic E-state index is 13.8. The van der Waals surface area contributed by atoms with E-state index < -0.39 is 23.1 Å². The Labute approximate surface area is 183 Å². The molecule has 1 unspecified atom stereocenters. The van der Waals surface area contributed by atoms with E-state index in [-0.39, 0.29) is 35.3 Å². The van der Waals surface area contributed by atoms with Crippen molar-refractivity contribution in [3.63, 3.8) is 0 Å². The number of amides is 1. The van der Waals surface area contributed by atoms with Gasteiger partial charge in [0.2, 0.25) is 0 Å². The van der Waals surface area contributed by atoms with E-state index in [2.05, 4.69) is 10.1 Å². The third kappa shape index (κ3) is 4.33. The Bertz CT molecular complexity index is 1160. The summed E-state index contributed by atoms with van der Waals surface area (Å²) in [5.41, 5.74) is -0.179. The predicted molar refractivity (Wildman–Crippen MR) is 111 cm³/mol. The Kier molecular flexibility index (Phi) is 5.46. The molecule has 0 aliphatic carbocycles. The lowest BCUT2D eigenvalue weighted by molar-refractivity contribution is -0.142. The number of fused-ring (bicyclic) bond motifs is 1. The lowest BCUT2D eigenvalue weighted by atomic mass is 9.92. The van der Waals surface area contributed by atoms with Gasteiger partial charge in [0.25, 0.3) is 5.91 Å². The number of likely N-dealkylation sites (tertiary alicyclic amines) is 1. The van der Waals surface area contributed by atoms with Crippen LogP contribution in [0, 0.1) is 5.82 Å². The topological polar surface area (TPSA) is 50.5 Å². The Morgan fingerprint density at radius 2 is 1.88 bits per heavy atom. The normalized spacial score (nSPS) is 17.7. The van der Waals surface area contributed by atoms with Crippen LogP contribution in [0.2, 0.25) is 0 Å². The molecule has 1 aliphatic heterocycles. The number of benzene rings is 1. The second-order valence-corrected chi connectivity index (χ2v) is 9.21. The van der Waals surface area contributed by atoms with E-state index >= 15 is 0 Å². The number of aromatic nitrogens is 3. The number of carbonyl (C=O) groups is 1. The largest absolute Gasteiger partial charge is 0.433 e. The Balaban J connectivity index is 1.70. The molecule has 3 heterocycles. The molecule has 5 nitrogen and oxygen atoms in total. The van der Waals surface area contributed by atoms with Gasteiger partial charge < -0.3 is 4.90 Å². The first-order valence-electron chi connectivity index (χ1n) is 10.5. The zero-order valence-electron chi connectivity index (χ0n) is 18.1. The van der Waals surface area contributed by atoms with Crippen LogP contribution in [0.4, 0.5) is 17.6 Å². The third-order valence-corrected chi connectivity index (χ3v) is 5.70. The van der Waals surface area contributed by atoms with Gasteiger partial charge in [-0.15, -0.1) is 0 Å². The van der Waals surface area contributed by atoms with Crippen LogP contribution in [0.1, 0.15) is 67.0 Å². The van der Waals surface area contributed by atoms with Crippen molar-refractivity contribution in [1.29, 1.82) is 0 Å². The molecule has 0 saturated carbocycles. The van der Waals surface area contributed by atoms with Gasteiger partial charge in [-0.2, -0.15) is 18.3 Å². The van der Waals surface area contributed by atoms with Crippen molar-refractivity contribution in [3.8, 4) is 0 Å². The molecule has 3 aromatic rings. The second-order valence-electron chi connectivity index (χ2n) is 9.21. The van der Waals surface area contributed by atoms with Crippen molar-refractivity contribution in [3.05, 3.63) is 64.9 Å². The zero-order valence-corrected chi connectivity index (χ0v) is 18.1. The molecule has 2 aromatic heterocycles. The molecule has 0 N–H and O–H groups in total. The average Bonchev–Trinajstić information content (AvgIpc) is 3.16. The quantitative estimate of drug-likeness (QED) is 0.506. The van der Waals surface area contributed by atoms with Gasteiger partial charge in [0, 0.05) is 41.7 Å². The molecular weight excluding hydrogens is 424 g/mol. The fraction of sp³-hybridized carbons (Fsp3) is 0.435. The third-order valence-electron chi connectivity index (χ3n) is 5.70. The van der Waals surface area contributed by atoms with Gasteiger partial charge in [-0.25, -0.2) is 13.9 Å². The molecule has 1 fully saturated rings. The Morgan fingerprint density at radius 1 is 1.12 bits per heavy atom. The van der Waals surface area contributed by atoms with Crippen LogP contribution in [-0.2, 0) is 11.6 Å². The first kappa shape index (κ1) is 22.2. The van der Waals surface area contributed by atoms with E-state index in [9.17, 15) is 22.4 Å². The maximum atomic E-state index is 13.8. The molecule has 0 radical (unpaired) electrons. The van der Waals surface area contributed by atoms with Crippen molar-refractivity contribution in [1.82, 2.24) is 19.5 Å². The SMILES string of the molecule is CC(C)(C)c1cc2nc(C3CCCN(C(=O)c4cccc(F)c4)C3)cc(C(F)(F)F)n2n1. The number of carbonyl (C=O) groups excluding carboxylic acids is 1. The molecule has 0 bridgehead atoms. The molecule has 170 valence electrons. The minimum absolute atomic E-state index is 0.133. The molecule has 1 aliphatic rings. The Hall–Kier alpha value is -2.97. The first-order valence-corrected chi connectivity index (χ1v) is 10.5. The van der Waals surface area contributed by atoms with Gasteiger partial charge in [0.1, 0.15) is 11.5 Å². The van der Waals surface area contributed by atoms with Crippen LogP contribution >= 0.6 is 0 Å². The number of halogens is 4. The van der Waals surface area contributed by atoms with E-state index in [1.807, 2.05) is 20.8 Å². The highest BCUT2D eigenvalue weighted by Gasteiger charge is 2.37. The first-order chi connectivity index (χ1) is 14.9. The average molecular weight is 448 g/mol. The molecule has 1 saturated heterocycles. The lowest BCUT2D eigenvalue weighted by Crippen LogP contribution is -2.39. The lowest BCUT2D eigenvalue weighted by Gasteiger charge is -2.32. The Morgan fingerprint density at radius 3 is 2.53 bits per heavy atom. The maximum Gasteiger partial charge on any atom is 0.433 e. The highest BCUT2D eigenvalue weighted by molar-refractivity contribution is 5.94. The van der Waals surface area contributed by atoms with Crippen molar-refractivity contribution < 1.29 is 22.4 Å². The minimum atomic E-state index is -4.61. The monoisotopic (exact) mass is 448 g/mol. The van der Waals surface area contributed by atoms with Crippen LogP contribution in [0.3, 0.4) is 0 Å². The fourth-order valence-corrected chi connectivity index (χ4v) is 3.98. The zero-order chi connectivity index (χ0) is 23.3. The van der Waals surface area contributed by atoms with Crippen LogP contribution in [0.5, 0.6) is 0 Å². The highest BCUT2D eigenvalue weighted by atomic mass is 19.4. The van der Waals surface area contributed by atoms with Crippen molar-refractivity contribution in [2.45, 2.75) is 51.1 Å². The number of rotatable bonds is 2. The number of hydrogen-bond acceptors (Lipinski definition) is 3. The van der Waals surface area contributed by atoms with Crippen molar-refractivity contribution in [2.24, 2.45) is 0 Å². The number of alkyl halides is 3. The van der Waals surface area contributed by atoms with E-state index in [1.165, 1.54) is 18.2 Å². The standard InChI is InChI=1S/C23H24F4N4O/c1-22(2,3)18-12-20-28-17(11-19(23(25,26)27)31(20)29-18)15-7-5-9-30(13-15)21(32)14-6-4-8-16(24)10-14/h4,6,8,10-12,15H,5,7,9,13H2,1-3H3.